The van der Waals surface area contributed by atoms with Crippen molar-refractivity contribution >= 4 is 27.3 Å². The normalized spacial score (nSPS) is 11.0. The number of rotatable bonds is 6. The quantitative estimate of drug-likeness (QED) is 0.859. The molecule has 0 amide bonds. The topological polar surface area (TPSA) is 73.9 Å². The van der Waals surface area contributed by atoms with Gasteiger partial charge in [0.1, 0.15) is 22.1 Å². The van der Waals surface area contributed by atoms with Crippen LogP contribution in [0.2, 0.25) is 5.02 Å². The second-order valence-corrected chi connectivity index (χ2v) is 6.53. The number of sulfonamides is 1. The molecule has 23 heavy (non-hydrogen) atoms. The van der Waals surface area contributed by atoms with Gasteiger partial charge >= 0.3 is 0 Å². The lowest BCUT2D eigenvalue weighted by Gasteiger charge is -2.13. The van der Waals surface area contributed by atoms with Crippen LogP contribution in [0.25, 0.3) is 0 Å². The standard InChI is InChI=1S/C15H16ClNO5S/c1-20-11-5-7-15(14(9-11)22-3)23(18,19)17-10-4-6-13(21-2)12(16)8-10/h4-9,17H,1-3H3. The Morgan fingerprint density at radius 2 is 1.61 bits per heavy atom. The molecule has 124 valence electrons. The number of nitrogens with one attached hydrogen (secondary N) is 1. The molecule has 2 aromatic carbocycles. The predicted molar refractivity (Wildman–Crippen MR) is 88.4 cm³/mol. The van der Waals surface area contributed by atoms with Gasteiger partial charge in [-0.1, -0.05) is 11.6 Å². The summed E-state index contributed by atoms with van der Waals surface area (Å²) in [5.74, 6) is 1.13. The first-order valence-corrected chi connectivity index (χ1v) is 8.35. The zero-order valence-electron chi connectivity index (χ0n) is 12.8. The molecule has 2 aromatic rings. The van der Waals surface area contributed by atoms with Gasteiger partial charge in [-0.2, -0.15) is 0 Å². The molecule has 0 saturated carbocycles. The fraction of sp³-hybridized carbons (Fsp3) is 0.200. The molecule has 8 heteroatoms. The lowest BCUT2D eigenvalue weighted by molar-refractivity contribution is 0.386. The minimum atomic E-state index is -3.85. The van der Waals surface area contributed by atoms with Gasteiger partial charge in [0.15, 0.2) is 0 Å². The Balaban J connectivity index is 2.37. The smallest absolute Gasteiger partial charge is 0.265 e. The Morgan fingerprint density at radius 1 is 0.913 bits per heavy atom. The molecule has 0 unspecified atom stereocenters. The first-order chi connectivity index (χ1) is 10.9. The lowest BCUT2D eigenvalue weighted by Crippen LogP contribution is -2.14. The van der Waals surface area contributed by atoms with Gasteiger partial charge in [-0.15, -0.1) is 0 Å². The van der Waals surface area contributed by atoms with Crippen LogP contribution >= 0.6 is 11.6 Å². The summed E-state index contributed by atoms with van der Waals surface area (Å²) in [5.41, 5.74) is 0.314. The fourth-order valence-electron chi connectivity index (χ4n) is 1.94. The molecule has 0 heterocycles. The van der Waals surface area contributed by atoms with Crippen molar-refractivity contribution in [2.75, 3.05) is 26.1 Å². The molecular weight excluding hydrogens is 342 g/mol. The van der Waals surface area contributed by atoms with Crippen LogP contribution in [0.3, 0.4) is 0 Å². The SMILES string of the molecule is COc1ccc(S(=O)(=O)Nc2ccc(OC)c(Cl)c2)c(OC)c1. The van der Waals surface area contributed by atoms with Crippen molar-refractivity contribution < 1.29 is 22.6 Å². The average Bonchev–Trinajstić information content (AvgIpc) is 2.54. The highest BCUT2D eigenvalue weighted by Gasteiger charge is 2.20. The zero-order chi connectivity index (χ0) is 17.0. The van der Waals surface area contributed by atoms with Gasteiger partial charge in [-0.25, -0.2) is 8.42 Å². The van der Waals surface area contributed by atoms with Gasteiger partial charge in [0.05, 0.1) is 32.0 Å². The van der Waals surface area contributed by atoms with E-state index in [1.165, 1.54) is 45.6 Å². The summed E-state index contributed by atoms with van der Waals surface area (Å²) in [6.07, 6.45) is 0. The summed E-state index contributed by atoms with van der Waals surface area (Å²) in [5, 5.41) is 0.300. The molecule has 0 aliphatic carbocycles. The summed E-state index contributed by atoms with van der Waals surface area (Å²) in [6.45, 7) is 0. The van der Waals surface area contributed by atoms with Gasteiger partial charge in [-0.3, -0.25) is 4.72 Å². The highest BCUT2D eigenvalue weighted by Crippen LogP contribution is 2.32. The molecule has 0 aliphatic rings. The minimum Gasteiger partial charge on any atom is -0.497 e. The van der Waals surface area contributed by atoms with E-state index in [0.717, 1.165) is 0 Å². The summed E-state index contributed by atoms with van der Waals surface area (Å²) in [4.78, 5) is -0.00672. The Labute approximate surface area is 140 Å². The molecule has 0 saturated heterocycles. The fourth-order valence-corrected chi connectivity index (χ4v) is 3.40. The number of methoxy groups -OCH3 is 3. The third kappa shape index (κ3) is 3.80. The van der Waals surface area contributed by atoms with E-state index < -0.39 is 10.0 Å². The van der Waals surface area contributed by atoms with Crippen LogP contribution in [0.5, 0.6) is 17.2 Å². The third-order valence-electron chi connectivity index (χ3n) is 3.06. The Hall–Kier alpha value is -2.12. The van der Waals surface area contributed by atoms with Gasteiger partial charge in [0.25, 0.3) is 10.0 Å². The molecule has 2 rings (SSSR count). The maximum absolute atomic E-state index is 12.5. The monoisotopic (exact) mass is 357 g/mol. The molecule has 0 aliphatic heterocycles. The molecule has 0 spiro atoms. The molecule has 0 aromatic heterocycles. The van der Waals surface area contributed by atoms with Crippen LogP contribution in [0, 0.1) is 0 Å². The van der Waals surface area contributed by atoms with Crippen molar-refractivity contribution in [3.05, 3.63) is 41.4 Å². The van der Waals surface area contributed by atoms with Crippen LogP contribution in [0.4, 0.5) is 5.69 Å². The maximum atomic E-state index is 12.5. The Morgan fingerprint density at radius 3 is 2.17 bits per heavy atom. The zero-order valence-corrected chi connectivity index (χ0v) is 14.4. The Kier molecular flexibility index (Phi) is 5.23. The average molecular weight is 358 g/mol. The summed E-state index contributed by atoms with van der Waals surface area (Å²) < 4.78 is 42.7. The largest absolute Gasteiger partial charge is 0.497 e. The molecule has 1 N–H and O–H groups in total. The van der Waals surface area contributed by atoms with E-state index in [4.69, 9.17) is 25.8 Å². The van der Waals surface area contributed by atoms with E-state index in [9.17, 15) is 8.42 Å². The van der Waals surface area contributed by atoms with Gasteiger partial charge in [0, 0.05) is 6.07 Å². The van der Waals surface area contributed by atoms with E-state index in [1.54, 1.807) is 12.1 Å². The van der Waals surface area contributed by atoms with Crippen molar-refractivity contribution in [2.45, 2.75) is 4.90 Å². The number of hydrogen-bond acceptors (Lipinski definition) is 5. The van der Waals surface area contributed by atoms with Gasteiger partial charge < -0.3 is 14.2 Å². The lowest BCUT2D eigenvalue weighted by atomic mass is 10.3. The van der Waals surface area contributed by atoms with E-state index in [1.807, 2.05) is 0 Å². The van der Waals surface area contributed by atoms with Crippen molar-refractivity contribution in [3.8, 4) is 17.2 Å². The summed E-state index contributed by atoms with van der Waals surface area (Å²) in [7, 11) is 0.506. The molecule has 6 nitrogen and oxygen atoms in total. The van der Waals surface area contributed by atoms with Crippen LogP contribution in [0.15, 0.2) is 41.3 Å². The predicted octanol–water partition coefficient (Wildman–Crippen LogP) is 3.17. The summed E-state index contributed by atoms with van der Waals surface area (Å²) in [6, 6.07) is 9.04. The van der Waals surface area contributed by atoms with E-state index in [-0.39, 0.29) is 10.6 Å². The molecule has 0 fully saturated rings. The number of anilines is 1. The number of halogens is 1. The van der Waals surface area contributed by atoms with E-state index in [2.05, 4.69) is 4.72 Å². The van der Waals surface area contributed by atoms with Crippen LogP contribution in [-0.4, -0.2) is 29.7 Å². The molecule has 0 bridgehead atoms. The first-order valence-electron chi connectivity index (χ1n) is 6.49. The van der Waals surface area contributed by atoms with E-state index in [0.29, 0.717) is 22.2 Å². The van der Waals surface area contributed by atoms with Crippen LogP contribution < -0.4 is 18.9 Å². The van der Waals surface area contributed by atoms with E-state index >= 15 is 0 Å². The second-order valence-electron chi connectivity index (χ2n) is 4.47. The molecular formula is C15H16ClNO5S. The maximum Gasteiger partial charge on any atom is 0.265 e. The highest BCUT2D eigenvalue weighted by atomic mass is 35.5. The number of benzene rings is 2. The number of ether oxygens (including phenoxy) is 3. The second kappa shape index (κ2) is 6.97. The van der Waals surface area contributed by atoms with Gasteiger partial charge in [-0.05, 0) is 30.3 Å². The minimum absolute atomic E-state index is 0.00672. The molecule has 0 radical (unpaired) electrons. The first kappa shape index (κ1) is 17.2. The van der Waals surface area contributed by atoms with Crippen molar-refractivity contribution in [1.29, 1.82) is 0 Å². The highest BCUT2D eigenvalue weighted by molar-refractivity contribution is 7.92. The molecule has 0 atom stereocenters. The van der Waals surface area contributed by atoms with Crippen molar-refractivity contribution in [1.82, 2.24) is 0 Å². The van der Waals surface area contributed by atoms with Crippen molar-refractivity contribution in [3.63, 3.8) is 0 Å². The van der Waals surface area contributed by atoms with Crippen LogP contribution in [0.1, 0.15) is 0 Å². The number of hydrogen-bond donors (Lipinski definition) is 1. The summed E-state index contributed by atoms with van der Waals surface area (Å²) >= 11 is 6.00. The van der Waals surface area contributed by atoms with Crippen LogP contribution in [-0.2, 0) is 10.0 Å². The van der Waals surface area contributed by atoms with Gasteiger partial charge in [0.2, 0.25) is 0 Å². The van der Waals surface area contributed by atoms with Crippen molar-refractivity contribution in [2.24, 2.45) is 0 Å². The third-order valence-corrected chi connectivity index (χ3v) is 4.78. The Bertz CT molecular complexity index is 808.